The summed E-state index contributed by atoms with van der Waals surface area (Å²) in [6.45, 7) is -0.206. The summed E-state index contributed by atoms with van der Waals surface area (Å²) >= 11 is 0. The smallest absolute Gasteiger partial charge is 0.375 e. The molecule has 1 aliphatic heterocycles. The maximum atomic E-state index is 12.2. The number of amides is 1. The summed E-state index contributed by atoms with van der Waals surface area (Å²) in [4.78, 5) is 12.3. The fourth-order valence-electron chi connectivity index (χ4n) is 1.47. The average Bonchev–Trinajstić information content (AvgIpc) is 2.51. The van der Waals surface area contributed by atoms with Crippen LogP contribution >= 0.6 is 0 Å². The van der Waals surface area contributed by atoms with Gasteiger partial charge in [0.2, 0.25) is 5.91 Å². The van der Waals surface area contributed by atoms with Crippen molar-refractivity contribution in [2.45, 2.75) is 12.6 Å². The van der Waals surface area contributed by atoms with E-state index in [2.05, 4.69) is 4.74 Å². The lowest BCUT2D eigenvalue weighted by Gasteiger charge is -2.17. The topological polar surface area (TPSA) is 29.5 Å². The highest BCUT2D eigenvalue weighted by molar-refractivity contribution is 5.77. The van der Waals surface area contributed by atoms with Crippen molar-refractivity contribution in [3.63, 3.8) is 0 Å². The van der Waals surface area contributed by atoms with Crippen molar-refractivity contribution in [2.24, 2.45) is 5.92 Å². The summed E-state index contributed by atoms with van der Waals surface area (Å²) in [6, 6.07) is 0. The van der Waals surface area contributed by atoms with Crippen molar-refractivity contribution in [2.75, 3.05) is 26.8 Å². The minimum atomic E-state index is -4.19. The van der Waals surface area contributed by atoms with Gasteiger partial charge in [-0.1, -0.05) is 0 Å². The van der Waals surface area contributed by atoms with Crippen LogP contribution < -0.4 is 0 Å². The molecule has 0 aromatic rings. The van der Waals surface area contributed by atoms with Gasteiger partial charge in [-0.25, -0.2) is 0 Å². The Bertz CT molecular complexity index is 217. The maximum absolute atomic E-state index is 12.2. The summed E-state index contributed by atoms with van der Waals surface area (Å²) in [6.07, 6.45) is -4.19. The van der Waals surface area contributed by atoms with E-state index >= 15 is 0 Å². The molecule has 14 heavy (non-hydrogen) atoms. The zero-order valence-corrected chi connectivity index (χ0v) is 7.80. The Kier molecular flexibility index (Phi) is 3.36. The van der Waals surface area contributed by atoms with E-state index in [1.165, 1.54) is 12.0 Å². The molecular weight excluding hydrogens is 199 g/mol. The average molecular weight is 211 g/mol. The van der Waals surface area contributed by atoms with Crippen molar-refractivity contribution < 1.29 is 22.7 Å². The van der Waals surface area contributed by atoms with Crippen LogP contribution in [0.4, 0.5) is 13.2 Å². The van der Waals surface area contributed by atoms with Crippen LogP contribution in [0.3, 0.4) is 0 Å². The molecule has 1 amide bonds. The van der Waals surface area contributed by atoms with Gasteiger partial charge in [0.1, 0.15) is 6.61 Å². The molecule has 0 radical (unpaired) electrons. The van der Waals surface area contributed by atoms with E-state index < -0.39 is 12.1 Å². The minimum Gasteiger partial charge on any atom is -0.375 e. The van der Waals surface area contributed by atoms with Gasteiger partial charge in [-0.15, -0.1) is 0 Å². The SMILES string of the molecule is COCC(=O)N1CCC(C(F)(F)F)C1. The maximum Gasteiger partial charge on any atom is 0.393 e. The van der Waals surface area contributed by atoms with Crippen LogP contribution in [0.1, 0.15) is 6.42 Å². The zero-order valence-electron chi connectivity index (χ0n) is 7.80. The summed E-state index contributed by atoms with van der Waals surface area (Å²) in [5, 5.41) is 0. The van der Waals surface area contributed by atoms with E-state index in [-0.39, 0.29) is 32.0 Å². The minimum absolute atomic E-state index is 0.00104. The summed E-state index contributed by atoms with van der Waals surface area (Å²) < 4.78 is 41.2. The van der Waals surface area contributed by atoms with Crippen molar-refractivity contribution in [1.29, 1.82) is 0 Å². The monoisotopic (exact) mass is 211 g/mol. The van der Waals surface area contributed by atoms with Crippen molar-refractivity contribution in [1.82, 2.24) is 4.90 Å². The van der Waals surface area contributed by atoms with Gasteiger partial charge >= 0.3 is 6.18 Å². The molecule has 0 N–H and O–H groups in total. The molecule has 1 unspecified atom stereocenters. The number of hydrogen-bond donors (Lipinski definition) is 0. The predicted octanol–water partition coefficient (Wildman–Crippen LogP) is 1.04. The number of halogens is 3. The van der Waals surface area contributed by atoms with Gasteiger partial charge in [0, 0.05) is 20.2 Å². The molecule has 0 aromatic heterocycles. The van der Waals surface area contributed by atoms with E-state index in [4.69, 9.17) is 0 Å². The Morgan fingerprint density at radius 2 is 2.21 bits per heavy atom. The third-order valence-corrected chi connectivity index (χ3v) is 2.27. The molecule has 1 fully saturated rings. The Balaban J connectivity index is 2.45. The molecular formula is C8H12F3NO2. The number of carbonyl (C=O) groups excluding carboxylic acids is 1. The standard InChI is InChI=1S/C8H12F3NO2/c1-14-5-7(13)12-3-2-6(4-12)8(9,10)11/h6H,2-5H2,1H3. The molecule has 0 aromatic carbocycles. The lowest BCUT2D eigenvalue weighted by molar-refractivity contribution is -0.171. The van der Waals surface area contributed by atoms with E-state index in [9.17, 15) is 18.0 Å². The number of alkyl halides is 3. The summed E-state index contributed by atoms with van der Waals surface area (Å²) in [5.74, 6) is -1.75. The normalized spacial score (nSPS) is 22.9. The van der Waals surface area contributed by atoms with Gasteiger partial charge in [0.25, 0.3) is 0 Å². The largest absolute Gasteiger partial charge is 0.393 e. The number of nitrogens with zero attached hydrogens (tertiary/aromatic N) is 1. The van der Waals surface area contributed by atoms with Gasteiger partial charge in [0.15, 0.2) is 0 Å². The third-order valence-electron chi connectivity index (χ3n) is 2.27. The molecule has 0 bridgehead atoms. The van der Waals surface area contributed by atoms with E-state index in [1.54, 1.807) is 0 Å². The third kappa shape index (κ3) is 2.60. The van der Waals surface area contributed by atoms with Crippen molar-refractivity contribution in [3.8, 4) is 0 Å². The van der Waals surface area contributed by atoms with Crippen LogP contribution in [0, 0.1) is 5.92 Å². The Morgan fingerprint density at radius 1 is 1.57 bits per heavy atom. The van der Waals surface area contributed by atoms with Crippen molar-refractivity contribution in [3.05, 3.63) is 0 Å². The van der Waals surface area contributed by atoms with Gasteiger partial charge in [-0.3, -0.25) is 4.79 Å². The first-order valence-corrected chi connectivity index (χ1v) is 4.28. The molecule has 0 aliphatic carbocycles. The number of hydrogen-bond acceptors (Lipinski definition) is 2. The second-order valence-electron chi connectivity index (χ2n) is 3.30. The fraction of sp³-hybridized carbons (Fsp3) is 0.875. The number of ether oxygens (including phenoxy) is 1. The van der Waals surface area contributed by atoms with Crippen LogP contribution in [0.15, 0.2) is 0 Å². The first-order valence-electron chi connectivity index (χ1n) is 4.28. The predicted molar refractivity (Wildman–Crippen MR) is 42.6 cm³/mol. The molecule has 0 saturated carbocycles. The van der Waals surface area contributed by atoms with Crippen molar-refractivity contribution >= 4 is 5.91 Å². The van der Waals surface area contributed by atoms with Gasteiger partial charge < -0.3 is 9.64 Å². The summed E-state index contributed by atoms with van der Waals surface area (Å²) in [7, 11) is 1.34. The van der Waals surface area contributed by atoms with Crippen LogP contribution in [-0.4, -0.2) is 43.8 Å². The van der Waals surface area contributed by atoms with Gasteiger partial charge in [-0.2, -0.15) is 13.2 Å². The number of methoxy groups -OCH3 is 1. The number of rotatable bonds is 2. The van der Waals surface area contributed by atoms with Crippen LogP contribution in [-0.2, 0) is 9.53 Å². The first kappa shape index (κ1) is 11.3. The van der Waals surface area contributed by atoms with Crippen LogP contribution in [0.25, 0.3) is 0 Å². The highest BCUT2D eigenvalue weighted by Crippen LogP contribution is 2.33. The van der Waals surface area contributed by atoms with E-state index in [1.807, 2.05) is 0 Å². The molecule has 1 aliphatic rings. The van der Waals surface area contributed by atoms with Crippen LogP contribution in [0.5, 0.6) is 0 Å². The lowest BCUT2D eigenvalue weighted by atomic mass is 10.1. The Hall–Kier alpha value is -0.780. The molecule has 1 rings (SSSR count). The lowest BCUT2D eigenvalue weighted by Crippen LogP contribution is -2.34. The van der Waals surface area contributed by atoms with Crippen LogP contribution in [0.2, 0.25) is 0 Å². The quantitative estimate of drug-likeness (QED) is 0.683. The highest BCUT2D eigenvalue weighted by Gasteiger charge is 2.44. The molecule has 1 saturated heterocycles. The Labute approximate surface area is 79.8 Å². The molecule has 1 heterocycles. The second-order valence-corrected chi connectivity index (χ2v) is 3.30. The second kappa shape index (κ2) is 4.16. The molecule has 0 spiro atoms. The fourth-order valence-corrected chi connectivity index (χ4v) is 1.47. The van der Waals surface area contributed by atoms with E-state index in [0.717, 1.165) is 0 Å². The Morgan fingerprint density at radius 3 is 2.64 bits per heavy atom. The zero-order chi connectivity index (χ0) is 10.8. The summed E-state index contributed by atoms with van der Waals surface area (Å²) in [5.41, 5.74) is 0. The van der Waals surface area contributed by atoms with Gasteiger partial charge in [0.05, 0.1) is 5.92 Å². The molecule has 6 heteroatoms. The highest BCUT2D eigenvalue weighted by atomic mass is 19.4. The van der Waals surface area contributed by atoms with Gasteiger partial charge in [-0.05, 0) is 6.42 Å². The number of likely N-dealkylation sites (tertiary alicyclic amines) is 1. The molecule has 3 nitrogen and oxygen atoms in total. The first-order chi connectivity index (χ1) is 6.45. The molecule has 82 valence electrons. The number of carbonyl (C=O) groups is 1. The molecule has 1 atom stereocenters. The van der Waals surface area contributed by atoms with E-state index in [0.29, 0.717) is 0 Å².